The summed E-state index contributed by atoms with van der Waals surface area (Å²) < 4.78 is 0. The van der Waals surface area contributed by atoms with E-state index in [0.29, 0.717) is 23.7 Å². The molecule has 1 aliphatic carbocycles. The van der Waals surface area contributed by atoms with Gasteiger partial charge in [-0.05, 0) is 25.1 Å². The van der Waals surface area contributed by atoms with Crippen LogP contribution in [0.4, 0.5) is 4.79 Å². The van der Waals surface area contributed by atoms with E-state index in [0.717, 1.165) is 0 Å². The third-order valence-corrected chi connectivity index (χ3v) is 3.56. The number of nitrogens with zero attached hydrogens (tertiary/aromatic N) is 3. The van der Waals surface area contributed by atoms with E-state index in [9.17, 15) is 9.59 Å². The van der Waals surface area contributed by atoms with Crippen molar-refractivity contribution in [1.29, 1.82) is 0 Å². The molecule has 1 aliphatic heterocycles. The van der Waals surface area contributed by atoms with Crippen LogP contribution in [0.25, 0.3) is 0 Å². The fourth-order valence-electron chi connectivity index (χ4n) is 2.47. The number of amidine groups is 1. The lowest BCUT2D eigenvalue weighted by Gasteiger charge is -2.30. The molecule has 0 bridgehead atoms. The van der Waals surface area contributed by atoms with Crippen molar-refractivity contribution in [2.45, 2.75) is 6.92 Å². The Morgan fingerprint density at radius 1 is 1.27 bits per heavy atom. The van der Waals surface area contributed by atoms with Crippen LogP contribution in [0.5, 0.6) is 0 Å². The minimum atomic E-state index is -0.381. The molecule has 3 amide bonds. The number of aliphatic imine (C=N–C) groups is 2. The Morgan fingerprint density at radius 2 is 2.05 bits per heavy atom. The van der Waals surface area contributed by atoms with Crippen molar-refractivity contribution >= 4 is 23.5 Å². The zero-order chi connectivity index (χ0) is 15.5. The predicted octanol–water partition coefficient (Wildman–Crippen LogP) is 2.86. The lowest BCUT2D eigenvalue weighted by molar-refractivity contribution is 0.100. The minimum Gasteiger partial charge on any atom is -0.279 e. The highest BCUT2D eigenvalue weighted by Gasteiger charge is 2.33. The maximum atomic E-state index is 12.3. The number of rotatable bonds is 2. The number of hydrogen-bond acceptors (Lipinski definition) is 2. The van der Waals surface area contributed by atoms with Gasteiger partial charge in [-0.1, -0.05) is 36.4 Å². The SMILES string of the molecule is CCN1C(=O)N=C2C=CC=CC2C1=NC(=O)c1ccccc1. The average molecular weight is 293 g/mol. The van der Waals surface area contributed by atoms with Gasteiger partial charge in [-0.25, -0.2) is 4.79 Å². The molecule has 0 spiro atoms. The van der Waals surface area contributed by atoms with Gasteiger partial charge in [-0.15, -0.1) is 0 Å². The molecule has 1 unspecified atom stereocenters. The van der Waals surface area contributed by atoms with Gasteiger partial charge in [0.15, 0.2) is 0 Å². The van der Waals surface area contributed by atoms with Crippen LogP contribution in [0.2, 0.25) is 0 Å². The van der Waals surface area contributed by atoms with Crippen LogP contribution >= 0.6 is 0 Å². The topological polar surface area (TPSA) is 62.1 Å². The maximum absolute atomic E-state index is 12.3. The maximum Gasteiger partial charge on any atom is 0.349 e. The number of benzene rings is 1. The van der Waals surface area contributed by atoms with E-state index in [1.54, 1.807) is 30.3 Å². The number of urea groups is 1. The second-order valence-electron chi connectivity index (χ2n) is 4.93. The van der Waals surface area contributed by atoms with Crippen LogP contribution in [0.15, 0.2) is 64.6 Å². The summed E-state index contributed by atoms with van der Waals surface area (Å²) >= 11 is 0. The summed E-state index contributed by atoms with van der Waals surface area (Å²) in [4.78, 5) is 34.2. The quantitative estimate of drug-likeness (QED) is 0.841. The molecule has 2 aliphatic rings. The van der Waals surface area contributed by atoms with Gasteiger partial charge in [0, 0.05) is 12.1 Å². The summed E-state index contributed by atoms with van der Waals surface area (Å²) in [6.45, 7) is 2.26. The van der Waals surface area contributed by atoms with Crippen molar-refractivity contribution in [1.82, 2.24) is 4.90 Å². The number of allylic oxidation sites excluding steroid dienone is 3. The van der Waals surface area contributed by atoms with Gasteiger partial charge < -0.3 is 0 Å². The Labute approximate surface area is 128 Å². The Morgan fingerprint density at radius 3 is 2.77 bits per heavy atom. The molecule has 0 N–H and O–H groups in total. The van der Waals surface area contributed by atoms with Gasteiger partial charge >= 0.3 is 6.03 Å². The predicted molar refractivity (Wildman–Crippen MR) is 85.2 cm³/mol. The summed E-state index contributed by atoms with van der Waals surface area (Å²) in [5.41, 5.74) is 1.12. The summed E-state index contributed by atoms with van der Waals surface area (Å²) in [6.07, 6.45) is 7.36. The second kappa shape index (κ2) is 5.89. The fourth-order valence-corrected chi connectivity index (χ4v) is 2.47. The van der Waals surface area contributed by atoms with E-state index in [1.165, 1.54) is 4.90 Å². The average Bonchev–Trinajstić information content (AvgIpc) is 2.55. The summed E-state index contributed by atoms with van der Waals surface area (Å²) in [5.74, 6) is -0.173. The Hall–Kier alpha value is -2.82. The molecule has 0 saturated heterocycles. The molecular weight excluding hydrogens is 278 g/mol. The Balaban J connectivity index is 2.02. The molecule has 0 aromatic heterocycles. The van der Waals surface area contributed by atoms with E-state index < -0.39 is 0 Å². The molecule has 0 fully saturated rings. The molecule has 110 valence electrons. The van der Waals surface area contributed by atoms with E-state index >= 15 is 0 Å². The molecule has 0 saturated carbocycles. The van der Waals surface area contributed by atoms with E-state index in [1.807, 2.05) is 31.2 Å². The van der Waals surface area contributed by atoms with Gasteiger partial charge in [-0.2, -0.15) is 9.98 Å². The number of amides is 3. The molecule has 5 nitrogen and oxygen atoms in total. The molecule has 0 radical (unpaired) electrons. The van der Waals surface area contributed by atoms with E-state index in [2.05, 4.69) is 9.98 Å². The number of carbonyl (C=O) groups excluding carboxylic acids is 2. The molecule has 1 heterocycles. The molecule has 3 rings (SSSR count). The highest BCUT2D eigenvalue weighted by atomic mass is 16.2. The van der Waals surface area contributed by atoms with Crippen molar-refractivity contribution in [3.8, 4) is 0 Å². The van der Waals surface area contributed by atoms with Gasteiger partial charge in [0.25, 0.3) is 5.91 Å². The zero-order valence-electron chi connectivity index (χ0n) is 12.1. The van der Waals surface area contributed by atoms with Crippen LogP contribution in [-0.2, 0) is 0 Å². The van der Waals surface area contributed by atoms with Crippen molar-refractivity contribution < 1.29 is 9.59 Å². The van der Waals surface area contributed by atoms with Crippen molar-refractivity contribution in [2.75, 3.05) is 6.54 Å². The summed E-state index contributed by atoms with van der Waals surface area (Å²) in [7, 11) is 0. The molecule has 1 atom stereocenters. The van der Waals surface area contributed by atoms with E-state index in [-0.39, 0.29) is 17.9 Å². The summed E-state index contributed by atoms with van der Waals surface area (Å²) in [5, 5.41) is 0. The molecule has 5 heteroatoms. The third-order valence-electron chi connectivity index (χ3n) is 3.56. The zero-order valence-corrected chi connectivity index (χ0v) is 12.1. The first-order valence-electron chi connectivity index (χ1n) is 7.13. The lowest BCUT2D eigenvalue weighted by Crippen LogP contribution is -2.46. The first kappa shape index (κ1) is 14.1. The standard InChI is InChI=1S/C17H15N3O2/c1-2-20-15(19-16(21)12-8-4-3-5-9-12)13-10-6-7-11-14(13)18-17(20)22/h3-11,13H,2H2,1H3. The second-order valence-corrected chi connectivity index (χ2v) is 4.93. The monoisotopic (exact) mass is 293 g/mol. The van der Waals surface area contributed by atoms with Crippen LogP contribution in [0, 0.1) is 5.92 Å². The largest absolute Gasteiger partial charge is 0.349 e. The Kier molecular flexibility index (Phi) is 3.78. The lowest BCUT2D eigenvalue weighted by atomic mass is 9.94. The number of fused-ring (bicyclic) bond motifs is 1. The molecule has 1 aromatic rings. The smallest absolute Gasteiger partial charge is 0.279 e. The summed E-state index contributed by atoms with van der Waals surface area (Å²) in [6, 6.07) is 8.44. The first-order valence-corrected chi connectivity index (χ1v) is 7.13. The molecule has 22 heavy (non-hydrogen) atoms. The van der Waals surface area contributed by atoms with Crippen molar-refractivity contribution in [3.05, 3.63) is 60.2 Å². The van der Waals surface area contributed by atoms with Crippen LogP contribution in [0.1, 0.15) is 17.3 Å². The van der Waals surface area contributed by atoms with Crippen molar-refractivity contribution in [2.24, 2.45) is 15.9 Å². The Bertz CT molecular complexity index is 730. The van der Waals surface area contributed by atoms with Crippen LogP contribution < -0.4 is 0 Å². The van der Waals surface area contributed by atoms with Crippen LogP contribution in [0.3, 0.4) is 0 Å². The first-order chi connectivity index (χ1) is 10.7. The van der Waals surface area contributed by atoms with E-state index in [4.69, 9.17) is 0 Å². The normalized spacial score (nSPS) is 21.8. The third kappa shape index (κ3) is 2.53. The highest BCUT2D eigenvalue weighted by Crippen LogP contribution is 2.21. The number of hydrogen-bond donors (Lipinski definition) is 0. The molecular formula is C17H15N3O2. The van der Waals surface area contributed by atoms with Gasteiger partial charge in [-0.3, -0.25) is 9.69 Å². The van der Waals surface area contributed by atoms with Gasteiger partial charge in [0.2, 0.25) is 0 Å². The highest BCUT2D eigenvalue weighted by molar-refractivity contribution is 6.25. The van der Waals surface area contributed by atoms with Crippen LogP contribution in [-0.4, -0.2) is 34.9 Å². The number of carbonyl (C=O) groups is 2. The van der Waals surface area contributed by atoms with Gasteiger partial charge in [0.1, 0.15) is 5.84 Å². The minimum absolute atomic E-state index is 0.254. The van der Waals surface area contributed by atoms with Crippen molar-refractivity contribution in [3.63, 3.8) is 0 Å². The van der Waals surface area contributed by atoms with Gasteiger partial charge in [0.05, 0.1) is 11.6 Å². The molecule has 1 aromatic carbocycles. The fraction of sp³-hybridized carbons (Fsp3) is 0.176.